The van der Waals surface area contributed by atoms with Gasteiger partial charge in [-0.1, -0.05) is 30.3 Å². The number of ether oxygens (including phenoxy) is 2. The van der Waals surface area contributed by atoms with Crippen LogP contribution < -0.4 is 0 Å². The lowest BCUT2D eigenvalue weighted by molar-refractivity contribution is -0.0331. The molecule has 0 spiro atoms. The van der Waals surface area contributed by atoms with Crippen molar-refractivity contribution in [2.45, 2.75) is 45.0 Å². The molecule has 1 aromatic rings. The highest BCUT2D eigenvalue weighted by molar-refractivity contribution is 5.18. The Morgan fingerprint density at radius 1 is 1.25 bits per heavy atom. The van der Waals surface area contributed by atoms with Crippen molar-refractivity contribution >= 4 is 0 Å². The zero-order valence-electron chi connectivity index (χ0n) is 10.1. The monoisotopic (exact) mass is 220 g/mol. The number of hydrogen-bond acceptors (Lipinski definition) is 2. The third-order valence-electron chi connectivity index (χ3n) is 2.89. The number of rotatable bonds is 4. The lowest BCUT2D eigenvalue weighted by atomic mass is 10.1. The molecule has 88 valence electrons. The Bertz CT molecular complexity index is 308. The van der Waals surface area contributed by atoms with Gasteiger partial charge in [0.1, 0.15) is 0 Å². The van der Waals surface area contributed by atoms with Crippen LogP contribution in [-0.4, -0.2) is 18.8 Å². The van der Waals surface area contributed by atoms with Crippen molar-refractivity contribution in [1.82, 2.24) is 0 Å². The third-order valence-corrected chi connectivity index (χ3v) is 2.89. The Morgan fingerprint density at radius 2 is 2.00 bits per heavy atom. The molecule has 2 rings (SSSR count). The third kappa shape index (κ3) is 3.06. The molecule has 1 fully saturated rings. The van der Waals surface area contributed by atoms with Crippen molar-refractivity contribution in [1.29, 1.82) is 0 Å². The molecule has 2 heteroatoms. The van der Waals surface area contributed by atoms with Gasteiger partial charge < -0.3 is 9.47 Å². The standard InChI is InChI=1S/C14H20O2/c1-11(2)15-10-13-8-9-14(16-13)12-6-4-3-5-7-12/h3-7,11,13-14H,8-10H2,1-2H3/t13-,14+/m0/s1. The van der Waals surface area contributed by atoms with Gasteiger partial charge in [-0.25, -0.2) is 0 Å². The summed E-state index contributed by atoms with van der Waals surface area (Å²) in [5.74, 6) is 0. The van der Waals surface area contributed by atoms with E-state index in [0.717, 1.165) is 19.4 Å². The minimum atomic E-state index is 0.266. The Hall–Kier alpha value is -0.860. The normalized spacial score (nSPS) is 25.2. The molecule has 0 unspecified atom stereocenters. The molecule has 1 heterocycles. The SMILES string of the molecule is CC(C)OC[C@@H]1CC[C@H](c2ccccc2)O1. The van der Waals surface area contributed by atoms with E-state index < -0.39 is 0 Å². The molecular formula is C14H20O2. The predicted octanol–water partition coefficient (Wildman–Crippen LogP) is 3.33. The molecule has 1 aromatic carbocycles. The molecule has 16 heavy (non-hydrogen) atoms. The van der Waals surface area contributed by atoms with Gasteiger partial charge in [0, 0.05) is 0 Å². The van der Waals surface area contributed by atoms with Crippen molar-refractivity contribution < 1.29 is 9.47 Å². The van der Waals surface area contributed by atoms with E-state index in [-0.39, 0.29) is 12.2 Å². The van der Waals surface area contributed by atoms with Crippen LogP contribution in [-0.2, 0) is 9.47 Å². The molecule has 0 aliphatic carbocycles. The molecule has 1 saturated heterocycles. The van der Waals surface area contributed by atoms with Crippen LogP contribution in [0.3, 0.4) is 0 Å². The van der Waals surface area contributed by atoms with Gasteiger partial charge in [-0.15, -0.1) is 0 Å². The molecule has 2 nitrogen and oxygen atoms in total. The fourth-order valence-corrected chi connectivity index (χ4v) is 2.04. The largest absolute Gasteiger partial charge is 0.376 e. The molecule has 0 amide bonds. The fraction of sp³-hybridized carbons (Fsp3) is 0.571. The summed E-state index contributed by atoms with van der Waals surface area (Å²) in [6, 6.07) is 10.4. The lowest BCUT2D eigenvalue weighted by Crippen LogP contribution is -2.17. The summed E-state index contributed by atoms with van der Waals surface area (Å²) < 4.78 is 11.6. The van der Waals surface area contributed by atoms with Gasteiger partial charge >= 0.3 is 0 Å². The Labute approximate surface area is 97.6 Å². The molecule has 1 aliphatic heterocycles. The van der Waals surface area contributed by atoms with Gasteiger partial charge in [0.05, 0.1) is 24.9 Å². The van der Waals surface area contributed by atoms with E-state index in [2.05, 4.69) is 38.1 Å². The van der Waals surface area contributed by atoms with Gasteiger partial charge in [0.15, 0.2) is 0 Å². The van der Waals surface area contributed by atoms with Crippen LogP contribution in [0, 0.1) is 0 Å². The minimum absolute atomic E-state index is 0.266. The molecule has 0 saturated carbocycles. The minimum Gasteiger partial charge on any atom is -0.376 e. The molecule has 2 atom stereocenters. The van der Waals surface area contributed by atoms with Crippen LogP contribution in [0.5, 0.6) is 0 Å². The smallest absolute Gasteiger partial charge is 0.0830 e. The second kappa shape index (κ2) is 5.46. The molecule has 0 bridgehead atoms. The Balaban J connectivity index is 1.84. The van der Waals surface area contributed by atoms with Crippen LogP contribution in [0.25, 0.3) is 0 Å². The fourth-order valence-electron chi connectivity index (χ4n) is 2.04. The maximum Gasteiger partial charge on any atom is 0.0830 e. The first-order chi connectivity index (χ1) is 7.75. The predicted molar refractivity (Wildman–Crippen MR) is 64.4 cm³/mol. The molecule has 0 aromatic heterocycles. The maximum absolute atomic E-state index is 5.97. The van der Waals surface area contributed by atoms with E-state index in [0.29, 0.717) is 6.10 Å². The average molecular weight is 220 g/mol. The van der Waals surface area contributed by atoms with Crippen LogP contribution in [0.4, 0.5) is 0 Å². The van der Waals surface area contributed by atoms with E-state index in [1.807, 2.05) is 6.07 Å². The first-order valence-electron chi connectivity index (χ1n) is 6.07. The zero-order valence-corrected chi connectivity index (χ0v) is 10.1. The van der Waals surface area contributed by atoms with Crippen LogP contribution in [0.15, 0.2) is 30.3 Å². The summed E-state index contributed by atoms with van der Waals surface area (Å²) in [4.78, 5) is 0. The van der Waals surface area contributed by atoms with E-state index in [1.165, 1.54) is 5.56 Å². The number of benzene rings is 1. The van der Waals surface area contributed by atoms with Gasteiger partial charge in [0.2, 0.25) is 0 Å². The summed E-state index contributed by atoms with van der Waals surface area (Å²) in [5, 5.41) is 0. The van der Waals surface area contributed by atoms with Gasteiger partial charge in [-0.2, -0.15) is 0 Å². The van der Waals surface area contributed by atoms with Gasteiger partial charge in [-0.3, -0.25) is 0 Å². The topological polar surface area (TPSA) is 18.5 Å². The van der Waals surface area contributed by atoms with Crippen LogP contribution >= 0.6 is 0 Å². The van der Waals surface area contributed by atoms with Crippen molar-refractivity contribution in [3.05, 3.63) is 35.9 Å². The van der Waals surface area contributed by atoms with Crippen LogP contribution in [0.1, 0.15) is 38.4 Å². The van der Waals surface area contributed by atoms with Crippen molar-refractivity contribution in [3.8, 4) is 0 Å². The quantitative estimate of drug-likeness (QED) is 0.775. The Morgan fingerprint density at radius 3 is 2.69 bits per heavy atom. The summed E-state index contributed by atoms with van der Waals surface area (Å²) in [5.41, 5.74) is 1.29. The highest BCUT2D eigenvalue weighted by atomic mass is 16.5. The first-order valence-corrected chi connectivity index (χ1v) is 6.07. The summed E-state index contributed by atoms with van der Waals surface area (Å²) in [7, 11) is 0. The zero-order chi connectivity index (χ0) is 11.4. The first kappa shape index (κ1) is 11.6. The van der Waals surface area contributed by atoms with E-state index >= 15 is 0 Å². The second-order valence-electron chi connectivity index (χ2n) is 4.62. The van der Waals surface area contributed by atoms with Crippen molar-refractivity contribution in [2.24, 2.45) is 0 Å². The summed E-state index contributed by atoms with van der Waals surface area (Å²) >= 11 is 0. The highest BCUT2D eigenvalue weighted by Crippen LogP contribution is 2.32. The van der Waals surface area contributed by atoms with Gasteiger partial charge in [0.25, 0.3) is 0 Å². The average Bonchev–Trinajstić information content (AvgIpc) is 2.76. The Kier molecular flexibility index (Phi) is 3.97. The van der Waals surface area contributed by atoms with Gasteiger partial charge in [-0.05, 0) is 32.3 Å². The molecule has 1 aliphatic rings. The highest BCUT2D eigenvalue weighted by Gasteiger charge is 2.26. The van der Waals surface area contributed by atoms with E-state index in [4.69, 9.17) is 9.47 Å². The lowest BCUT2D eigenvalue weighted by Gasteiger charge is -2.15. The van der Waals surface area contributed by atoms with Crippen molar-refractivity contribution in [3.63, 3.8) is 0 Å². The number of hydrogen-bond donors (Lipinski definition) is 0. The maximum atomic E-state index is 5.97. The van der Waals surface area contributed by atoms with Crippen LogP contribution in [0.2, 0.25) is 0 Å². The van der Waals surface area contributed by atoms with Crippen molar-refractivity contribution in [2.75, 3.05) is 6.61 Å². The summed E-state index contributed by atoms with van der Waals surface area (Å²) in [6.07, 6.45) is 3.04. The second-order valence-corrected chi connectivity index (χ2v) is 4.62. The van der Waals surface area contributed by atoms with E-state index in [1.54, 1.807) is 0 Å². The molecule has 0 radical (unpaired) electrons. The summed E-state index contributed by atoms with van der Waals surface area (Å²) in [6.45, 7) is 4.84. The molecule has 0 N–H and O–H groups in total. The molecular weight excluding hydrogens is 200 g/mol. The van der Waals surface area contributed by atoms with E-state index in [9.17, 15) is 0 Å².